The van der Waals surface area contributed by atoms with Crippen molar-refractivity contribution in [3.8, 4) is 0 Å². The van der Waals surface area contributed by atoms with Crippen LogP contribution in [0.15, 0.2) is 23.3 Å². The molecule has 4 heteroatoms. The van der Waals surface area contributed by atoms with E-state index in [1.165, 1.54) is 114 Å². The lowest BCUT2D eigenvalue weighted by molar-refractivity contribution is -0.162. The number of carbonyl (C=O) groups excluding carboxylic acids is 2. The van der Waals surface area contributed by atoms with Gasteiger partial charge in [0.1, 0.15) is 18.6 Å². The van der Waals surface area contributed by atoms with Crippen LogP contribution in [0.5, 0.6) is 0 Å². The molecule has 16 atom stereocenters. The second kappa shape index (κ2) is 22.0. The first-order valence-corrected chi connectivity index (χ1v) is 26.7. The van der Waals surface area contributed by atoms with E-state index in [4.69, 9.17) is 9.47 Å². The predicted molar refractivity (Wildman–Crippen MR) is 277 cm³/mol. The van der Waals surface area contributed by atoms with Crippen molar-refractivity contribution in [1.29, 1.82) is 0 Å². The van der Waals surface area contributed by atoms with E-state index in [-0.39, 0.29) is 59.2 Å². The maximum absolute atomic E-state index is 13.3. The molecule has 0 aromatic rings. The molecular formula is C61H108O4. The molecule has 0 bridgehead atoms. The fourth-order valence-electron chi connectivity index (χ4n) is 18.1. The molecule has 0 aromatic carbocycles. The summed E-state index contributed by atoms with van der Waals surface area (Å²) < 4.78 is 12.2. The van der Waals surface area contributed by atoms with Crippen LogP contribution in [-0.2, 0) is 19.1 Å². The molecule has 0 N–H and O–H groups in total. The third-order valence-electron chi connectivity index (χ3n) is 21.4. The van der Waals surface area contributed by atoms with Gasteiger partial charge in [-0.05, 0) is 183 Å². The van der Waals surface area contributed by atoms with Gasteiger partial charge >= 0.3 is 11.9 Å². The van der Waals surface area contributed by atoms with E-state index < -0.39 is 11.9 Å². The zero-order valence-electron chi connectivity index (χ0n) is 41.1. The standard InChI is InChI=1S/C57H92O4.4CH4/c1-36(2)13-11-15-38(5)46-21-23-48-44-19-17-40-33-42(25-29-54(40,7)50(44)27-31-56(46,48)9)60-52(58)35-53(59)61-43-26-30-55(8)41(34-43)18-20-45-49-24-22-47(39(6)16-12-14-37(3)4)57(49,10)32-28-51(45)55;;;;/h17-18,36-39,42-51H,11-16,19-35H2,1-10H3;4*1H4. The number of fused-ring (bicyclic) bond motifs is 10. The van der Waals surface area contributed by atoms with E-state index in [0.29, 0.717) is 10.8 Å². The van der Waals surface area contributed by atoms with Crippen LogP contribution in [0.4, 0.5) is 0 Å². The molecule has 6 saturated carbocycles. The summed E-state index contributed by atoms with van der Waals surface area (Å²) in [7, 11) is 0. The van der Waals surface area contributed by atoms with Crippen LogP contribution >= 0.6 is 0 Å². The van der Waals surface area contributed by atoms with Crippen molar-refractivity contribution >= 4 is 11.9 Å². The van der Waals surface area contributed by atoms with Crippen molar-refractivity contribution in [2.75, 3.05) is 0 Å². The van der Waals surface area contributed by atoms with Crippen LogP contribution in [0.1, 0.15) is 247 Å². The Labute approximate surface area is 404 Å². The molecule has 65 heavy (non-hydrogen) atoms. The Morgan fingerprint density at radius 2 is 0.908 bits per heavy atom. The van der Waals surface area contributed by atoms with Gasteiger partial charge in [0.15, 0.2) is 0 Å². The van der Waals surface area contributed by atoms with Gasteiger partial charge in [0.25, 0.3) is 0 Å². The lowest BCUT2D eigenvalue weighted by Crippen LogP contribution is -2.51. The second-order valence-corrected chi connectivity index (χ2v) is 25.5. The first-order valence-electron chi connectivity index (χ1n) is 26.7. The molecule has 0 aliphatic heterocycles. The van der Waals surface area contributed by atoms with Gasteiger partial charge in [-0.3, -0.25) is 9.59 Å². The quantitative estimate of drug-likeness (QED) is 0.0990. The van der Waals surface area contributed by atoms with Gasteiger partial charge in [0, 0.05) is 12.8 Å². The topological polar surface area (TPSA) is 52.6 Å². The van der Waals surface area contributed by atoms with Gasteiger partial charge in [-0.25, -0.2) is 0 Å². The highest BCUT2D eigenvalue weighted by atomic mass is 16.6. The van der Waals surface area contributed by atoms with E-state index in [1.54, 1.807) is 0 Å². The molecule has 8 aliphatic carbocycles. The summed E-state index contributed by atoms with van der Waals surface area (Å²) in [6.07, 6.45) is 32.3. The highest BCUT2D eigenvalue weighted by Gasteiger charge is 2.61. The van der Waals surface area contributed by atoms with Gasteiger partial charge in [-0.1, -0.05) is 161 Å². The minimum Gasteiger partial charge on any atom is -0.462 e. The highest BCUT2D eigenvalue weighted by molar-refractivity contribution is 5.91. The molecule has 6 fully saturated rings. The Balaban J connectivity index is 0.00000231. The molecule has 16 unspecified atom stereocenters. The maximum atomic E-state index is 13.3. The maximum Gasteiger partial charge on any atom is 0.317 e. The van der Waals surface area contributed by atoms with Gasteiger partial charge in [0.05, 0.1) is 0 Å². The Kier molecular flexibility index (Phi) is 19.0. The summed E-state index contributed by atoms with van der Waals surface area (Å²) in [5, 5.41) is 0. The van der Waals surface area contributed by atoms with Gasteiger partial charge in [0.2, 0.25) is 0 Å². The summed E-state index contributed by atoms with van der Waals surface area (Å²) in [5.41, 5.74) is 4.51. The van der Waals surface area contributed by atoms with Crippen molar-refractivity contribution in [3.05, 3.63) is 23.3 Å². The molecule has 0 radical (unpaired) electrons. The average molecular weight is 906 g/mol. The van der Waals surface area contributed by atoms with Crippen molar-refractivity contribution in [2.24, 2.45) is 92.7 Å². The number of carbonyl (C=O) groups is 2. The molecule has 0 saturated heterocycles. The van der Waals surface area contributed by atoms with Gasteiger partial charge in [-0.15, -0.1) is 0 Å². The fourth-order valence-corrected chi connectivity index (χ4v) is 18.1. The lowest BCUT2D eigenvalue weighted by Gasteiger charge is -2.58. The molecule has 8 aliphatic rings. The van der Waals surface area contributed by atoms with Gasteiger partial charge < -0.3 is 9.47 Å². The van der Waals surface area contributed by atoms with Crippen molar-refractivity contribution < 1.29 is 19.1 Å². The molecule has 0 aromatic heterocycles. The van der Waals surface area contributed by atoms with Gasteiger partial charge in [-0.2, -0.15) is 0 Å². The Morgan fingerprint density at radius 1 is 0.523 bits per heavy atom. The molecule has 0 amide bonds. The third kappa shape index (κ3) is 10.6. The number of hydrogen-bond donors (Lipinski definition) is 0. The number of rotatable bonds is 14. The molecule has 0 spiro atoms. The van der Waals surface area contributed by atoms with Crippen LogP contribution in [0, 0.1) is 92.7 Å². The van der Waals surface area contributed by atoms with E-state index in [0.717, 1.165) is 110 Å². The van der Waals surface area contributed by atoms with E-state index in [2.05, 4.69) is 81.4 Å². The molecule has 376 valence electrons. The summed E-state index contributed by atoms with van der Waals surface area (Å²) in [5.74, 6) is 9.09. The second-order valence-electron chi connectivity index (χ2n) is 25.5. The Bertz CT molecular complexity index is 1520. The molecule has 4 nitrogen and oxygen atoms in total. The van der Waals surface area contributed by atoms with Crippen LogP contribution in [0.25, 0.3) is 0 Å². The summed E-state index contributed by atoms with van der Waals surface area (Å²) in [4.78, 5) is 26.6. The lowest BCUT2D eigenvalue weighted by atomic mass is 9.47. The first-order chi connectivity index (χ1) is 29.0. The normalized spacial score (nSPS) is 41.0. The van der Waals surface area contributed by atoms with Crippen LogP contribution in [0.3, 0.4) is 0 Å². The summed E-state index contributed by atoms with van der Waals surface area (Å²) >= 11 is 0. The molecule has 8 rings (SSSR count). The number of esters is 2. The van der Waals surface area contributed by atoms with Crippen LogP contribution in [0.2, 0.25) is 0 Å². The third-order valence-corrected chi connectivity index (χ3v) is 21.4. The largest absolute Gasteiger partial charge is 0.462 e. The van der Waals surface area contributed by atoms with Crippen LogP contribution in [-0.4, -0.2) is 24.1 Å². The smallest absolute Gasteiger partial charge is 0.317 e. The first kappa shape index (κ1) is 56.0. The predicted octanol–water partition coefficient (Wildman–Crippen LogP) is 17.8. The zero-order valence-corrected chi connectivity index (χ0v) is 41.1. The highest BCUT2D eigenvalue weighted by Crippen LogP contribution is 2.69. The monoisotopic (exact) mass is 905 g/mol. The fraction of sp³-hybridized carbons (Fsp3) is 0.902. The Morgan fingerprint density at radius 3 is 1.28 bits per heavy atom. The molecular weight excluding hydrogens is 797 g/mol. The SMILES string of the molecule is C.C.C.C.CC(C)CCCC(C)C1CCC2C3CC=C4CC(OC(=O)CC(=O)OC5CCC6(C)C(=CCC7C6CCC6(C)C(C(C)CCCC(C)C)CCC76)C5)CCC4(C)C3CCC12C. The zero-order chi connectivity index (χ0) is 43.5. The minimum atomic E-state index is -0.393. The van der Waals surface area contributed by atoms with E-state index in [9.17, 15) is 9.59 Å². The number of hydrogen-bond acceptors (Lipinski definition) is 4. The summed E-state index contributed by atoms with van der Waals surface area (Å²) in [6, 6.07) is 0. The van der Waals surface area contributed by atoms with Crippen LogP contribution < -0.4 is 0 Å². The number of ether oxygens (including phenoxy) is 2. The summed E-state index contributed by atoms with van der Waals surface area (Å²) in [6.45, 7) is 25.1. The van der Waals surface area contributed by atoms with E-state index in [1.807, 2.05) is 0 Å². The molecule has 0 heterocycles. The Hall–Kier alpha value is -1.58. The minimum absolute atomic E-state index is 0. The number of allylic oxidation sites excluding steroid dienone is 2. The van der Waals surface area contributed by atoms with Crippen molar-refractivity contribution in [1.82, 2.24) is 0 Å². The van der Waals surface area contributed by atoms with E-state index >= 15 is 0 Å². The average Bonchev–Trinajstić information content (AvgIpc) is 3.74. The van der Waals surface area contributed by atoms with Crippen molar-refractivity contribution in [3.63, 3.8) is 0 Å². The van der Waals surface area contributed by atoms with Crippen molar-refractivity contribution in [2.45, 2.75) is 259 Å².